The SMILES string of the molecule is CSCCC(=O)N(C)C(Cc1ccccc1F)C1CCN(C(=O)c2sccc2C)CC1. The van der Waals surface area contributed by atoms with Gasteiger partial charge in [-0.2, -0.15) is 11.8 Å². The Balaban J connectivity index is 1.72. The largest absolute Gasteiger partial charge is 0.342 e. The number of carbonyl (C=O) groups is 2. The molecule has 1 saturated heterocycles. The number of piperidine rings is 1. The third-order valence-electron chi connectivity index (χ3n) is 6.23. The summed E-state index contributed by atoms with van der Waals surface area (Å²) in [6.07, 6.45) is 4.61. The van der Waals surface area contributed by atoms with Crippen LogP contribution in [0.2, 0.25) is 0 Å². The van der Waals surface area contributed by atoms with Gasteiger partial charge in [-0.3, -0.25) is 9.59 Å². The molecule has 0 saturated carbocycles. The van der Waals surface area contributed by atoms with Crippen LogP contribution in [0.3, 0.4) is 0 Å². The van der Waals surface area contributed by atoms with Crippen molar-refractivity contribution in [1.29, 1.82) is 0 Å². The lowest BCUT2D eigenvalue weighted by atomic mass is 9.84. The number of nitrogens with zero attached hydrogens (tertiary/aromatic N) is 2. The Kier molecular flexibility index (Phi) is 8.55. The molecule has 0 N–H and O–H groups in total. The lowest BCUT2D eigenvalue weighted by Crippen LogP contribution is -2.48. The summed E-state index contributed by atoms with van der Waals surface area (Å²) in [7, 11) is 1.85. The fourth-order valence-corrected chi connectivity index (χ4v) is 5.55. The minimum Gasteiger partial charge on any atom is -0.342 e. The van der Waals surface area contributed by atoms with E-state index in [9.17, 15) is 14.0 Å². The Bertz CT molecular complexity index is 893. The first kappa shape index (κ1) is 23.8. The monoisotopic (exact) mass is 462 g/mol. The summed E-state index contributed by atoms with van der Waals surface area (Å²) in [6, 6.07) is 8.72. The fraction of sp³-hybridized carbons (Fsp3) is 0.500. The van der Waals surface area contributed by atoms with E-state index in [1.54, 1.807) is 23.9 Å². The van der Waals surface area contributed by atoms with E-state index in [0.29, 0.717) is 31.5 Å². The second-order valence-electron chi connectivity index (χ2n) is 8.17. The Morgan fingerprint density at radius 2 is 1.97 bits per heavy atom. The summed E-state index contributed by atoms with van der Waals surface area (Å²) in [5.41, 5.74) is 1.67. The number of hydrogen-bond acceptors (Lipinski definition) is 4. The third-order valence-corrected chi connectivity index (χ3v) is 7.84. The number of amides is 2. The van der Waals surface area contributed by atoms with E-state index in [1.807, 2.05) is 47.5 Å². The highest BCUT2D eigenvalue weighted by Gasteiger charge is 2.33. The lowest BCUT2D eigenvalue weighted by Gasteiger charge is -2.40. The van der Waals surface area contributed by atoms with Gasteiger partial charge in [0.1, 0.15) is 5.82 Å². The van der Waals surface area contributed by atoms with Crippen molar-refractivity contribution in [3.63, 3.8) is 0 Å². The maximum atomic E-state index is 14.4. The molecule has 2 heterocycles. The van der Waals surface area contributed by atoms with Gasteiger partial charge in [0, 0.05) is 38.4 Å². The minimum absolute atomic E-state index is 0.0769. The molecule has 168 valence electrons. The number of carbonyl (C=O) groups excluding carboxylic acids is 2. The van der Waals surface area contributed by atoms with E-state index in [4.69, 9.17) is 0 Å². The molecular formula is C24H31FN2O2S2. The number of likely N-dealkylation sites (N-methyl/N-ethyl adjacent to an activating group) is 1. The van der Waals surface area contributed by atoms with Gasteiger partial charge in [-0.15, -0.1) is 11.3 Å². The van der Waals surface area contributed by atoms with Crippen molar-refractivity contribution in [3.05, 3.63) is 57.5 Å². The van der Waals surface area contributed by atoms with E-state index < -0.39 is 0 Å². The molecule has 0 spiro atoms. The van der Waals surface area contributed by atoms with Crippen molar-refractivity contribution in [2.45, 2.75) is 38.6 Å². The zero-order valence-electron chi connectivity index (χ0n) is 18.5. The molecule has 1 unspecified atom stereocenters. The van der Waals surface area contributed by atoms with E-state index in [1.165, 1.54) is 17.4 Å². The number of thioether (sulfide) groups is 1. The normalized spacial score (nSPS) is 15.7. The van der Waals surface area contributed by atoms with Gasteiger partial charge in [-0.1, -0.05) is 18.2 Å². The molecule has 1 aromatic carbocycles. The summed E-state index contributed by atoms with van der Waals surface area (Å²) in [4.78, 5) is 30.2. The Morgan fingerprint density at radius 1 is 1.26 bits per heavy atom. The first-order valence-corrected chi connectivity index (χ1v) is 13.0. The van der Waals surface area contributed by atoms with E-state index >= 15 is 0 Å². The van der Waals surface area contributed by atoms with Gasteiger partial charge in [-0.25, -0.2) is 4.39 Å². The fourth-order valence-electron chi connectivity index (χ4n) is 4.28. The van der Waals surface area contributed by atoms with Crippen molar-refractivity contribution in [1.82, 2.24) is 9.80 Å². The van der Waals surface area contributed by atoms with Crippen molar-refractivity contribution in [3.8, 4) is 0 Å². The Hall–Kier alpha value is -1.86. The van der Waals surface area contributed by atoms with Crippen LogP contribution in [0.5, 0.6) is 0 Å². The molecule has 0 radical (unpaired) electrons. The standard InChI is InChI=1S/C24H31FN2O2S2/c1-17-10-15-31-23(17)24(29)27-12-8-18(9-13-27)21(26(2)22(28)11-14-30-3)16-19-6-4-5-7-20(19)25/h4-7,10,15,18,21H,8-9,11-14,16H2,1-3H3. The van der Waals surface area contributed by atoms with Crippen LogP contribution in [0.1, 0.15) is 40.1 Å². The number of benzene rings is 1. The van der Waals surface area contributed by atoms with Crippen LogP contribution < -0.4 is 0 Å². The van der Waals surface area contributed by atoms with Gasteiger partial charge < -0.3 is 9.80 Å². The summed E-state index contributed by atoms with van der Waals surface area (Å²) >= 11 is 3.14. The third kappa shape index (κ3) is 5.89. The predicted octanol–water partition coefficient (Wildman–Crippen LogP) is 4.87. The van der Waals surface area contributed by atoms with Gasteiger partial charge in [0.25, 0.3) is 5.91 Å². The number of aryl methyl sites for hydroxylation is 1. The molecular weight excluding hydrogens is 431 g/mol. The number of hydrogen-bond donors (Lipinski definition) is 0. The molecule has 1 aliphatic heterocycles. The Morgan fingerprint density at radius 3 is 2.58 bits per heavy atom. The Labute approximate surface area is 192 Å². The topological polar surface area (TPSA) is 40.6 Å². The van der Waals surface area contributed by atoms with E-state index in [2.05, 4.69) is 0 Å². The molecule has 2 aromatic rings. The molecule has 0 bridgehead atoms. The summed E-state index contributed by atoms with van der Waals surface area (Å²) in [5.74, 6) is 0.988. The van der Waals surface area contributed by atoms with Crippen molar-refractivity contribution in [2.75, 3.05) is 32.1 Å². The second-order valence-corrected chi connectivity index (χ2v) is 10.1. The highest BCUT2D eigenvalue weighted by atomic mass is 32.2. The molecule has 7 heteroatoms. The van der Waals surface area contributed by atoms with Crippen LogP contribution in [0.4, 0.5) is 4.39 Å². The zero-order valence-corrected chi connectivity index (χ0v) is 20.1. The molecule has 3 rings (SSSR count). The lowest BCUT2D eigenvalue weighted by molar-refractivity contribution is -0.133. The maximum Gasteiger partial charge on any atom is 0.264 e. The smallest absolute Gasteiger partial charge is 0.264 e. The predicted molar refractivity (Wildman–Crippen MR) is 127 cm³/mol. The van der Waals surface area contributed by atoms with Crippen LogP contribution >= 0.6 is 23.1 Å². The average molecular weight is 463 g/mol. The zero-order chi connectivity index (χ0) is 22.4. The molecule has 1 aromatic heterocycles. The first-order valence-electron chi connectivity index (χ1n) is 10.7. The molecule has 1 fully saturated rings. The van der Waals surface area contributed by atoms with Gasteiger partial charge in [-0.05, 0) is 67.0 Å². The van der Waals surface area contributed by atoms with Crippen LogP contribution in [0, 0.1) is 18.7 Å². The summed E-state index contributed by atoms with van der Waals surface area (Å²) < 4.78 is 14.4. The molecule has 31 heavy (non-hydrogen) atoms. The molecule has 4 nitrogen and oxygen atoms in total. The number of likely N-dealkylation sites (tertiary alicyclic amines) is 1. The van der Waals surface area contributed by atoms with E-state index in [0.717, 1.165) is 29.0 Å². The number of thiophene rings is 1. The van der Waals surface area contributed by atoms with Gasteiger partial charge >= 0.3 is 0 Å². The molecule has 1 aliphatic rings. The van der Waals surface area contributed by atoms with E-state index in [-0.39, 0.29) is 29.6 Å². The van der Waals surface area contributed by atoms with Crippen molar-refractivity contribution in [2.24, 2.45) is 5.92 Å². The second kappa shape index (κ2) is 11.1. The first-order chi connectivity index (χ1) is 14.9. The minimum atomic E-state index is -0.224. The highest BCUT2D eigenvalue weighted by Crippen LogP contribution is 2.29. The van der Waals surface area contributed by atoms with Gasteiger partial charge in [0.2, 0.25) is 5.91 Å². The van der Waals surface area contributed by atoms with Crippen LogP contribution in [0.15, 0.2) is 35.7 Å². The van der Waals surface area contributed by atoms with Gasteiger partial charge in [0.15, 0.2) is 0 Å². The number of halogens is 1. The van der Waals surface area contributed by atoms with Crippen LogP contribution in [-0.2, 0) is 11.2 Å². The number of rotatable bonds is 8. The molecule has 1 atom stereocenters. The van der Waals surface area contributed by atoms with Crippen molar-refractivity contribution >= 4 is 34.9 Å². The maximum absolute atomic E-state index is 14.4. The summed E-state index contributed by atoms with van der Waals surface area (Å²) in [6.45, 7) is 3.30. The molecule has 0 aliphatic carbocycles. The highest BCUT2D eigenvalue weighted by molar-refractivity contribution is 7.98. The van der Waals surface area contributed by atoms with Crippen LogP contribution in [-0.4, -0.2) is 59.8 Å². The van der Waals surface area contributed by atoms with Crippen LogP contribution in [0.25, 0.3) is 0 Å². The quantitative estimate of drug-likeness (QED) is 0.562. The average Bonchev–Trinajstić information content (AvgIpc) is 3.22. The summed E-state index contributed by atoms with van der Waals surface area (Å²) in [5, 5.41) is 1.95. The van der Waals surface area contributed by atoms with Gasteiger partial charge in [0.05, 0.1) is 4.88 Å². The van der Waals surface area contributed by atoms with Crippen molar-refractivity contribution < 1.29 is 14.0 Å². The molecule has 2 amide bonds.